The minimum absolute atomic E-state index is 0.0777. The number of aryl methyl sites for hydroxylation is 1. The second-order valence-corrected chi connectivity index (χ2v) is 8.12. The van der Waals surface area contributed by atoms with Gasteiger partial charge in [-0.15, -0.1) is 0 Å². The van der Waals surface area contributed by atoms with Crippen LogP contribution in [0.5, 0.6) is 5.75 Å². The average Bonchev–Trinajstić information content (AvgIpc) is 3.13. The first-order valence-electron chi connectivity index (χ1n) is 10.8. The molecule has 0 saturated carbocycles. The van der Waals surface area contributed by atoms with Gasteiger partial charge in [-0.3, -0.25) is 14.5 Å². The Bertz CT molecular complexity index is 1390. The van der Waals surface area contributed by atoms with E-state index in [0.717, 1.165) is 23.3 Å². The van der Waals surface area contributed by atoms with E-state index in [4.69, 9.17) is 10.00 Å². The third-order valence-electron chi connectivity index (χ3n) is 6.10. The van der Waals surface area contributed by atoms with E-state index in [-0.39, 0.29) is 16.9 Å². The van der Waals surface area contributed by atoms with Crippen molar-refractivity contribution >= 4 is 23.1 Å². The van der Waals surface area contributed by atoms with Crippen LogP contribution in [0.25, 0.3) is 5.76 Å². The Kier molecular flexibility index (Phi) is 5.34. The van der Waals surface area contributed by atoms with Gasteiger partial charge in [0, 0.05) is 16.8 Å². The van der Waals surface area contributed by atoms with E-state index in [9.17, 15) is 19.1 Å². The average molecular weight is 454 g/mol. The fraction of sp³-hybridized carbons (Fsp3) is 0.148. The molecule has 34 heavy (non-hydrogen) atoms. The van der Waals surface area contributed by atoms with Crippen LogP contribution in [0.3, 0.4) is 0 Å². The molecule has 1 atom stereocenters. The maximum absolute atomic E-state index is 15.0. The molecule has 0 bridgehead atoms. The van der Waals surface area contributed by atoms with Crippen LogP contribution in [-0.2, 0) is 16.0 Å². The van der Waals surface area contributed by atoms with Crippen LogP contribution in [0.4, 0.5) is 10.1 Å². The second-order valence-electron chi connectivity index (χ2n) is 8.12. The minimum Gasteiger partial charge on any atom is -0.507 e. The summed E-state index contributed by atoms with van der Waals surface area (Å²) < 4.78 is 20.6. The van der Waals surface area contributed by atoms with E-state index in [1.54, 1.807) is 24.3 Å². The number of amides is 1. The fourth-order valence-electron chi connectivity index (χ4n) is 4.45. The number of Topliss-reactive ketones (excluding diaryl/α,β-unsaturated/α-hetero) is 1. The van der Waals surface area contributed by atoms with Crippen LogP contribution < -0.4 is 9.64 Å². The number of aliphatic hydroxyl groups is 1. The Morgan fingerprint density at radius 2 is 1.85 bits per heavy atom. The molecule has 0 radical (unpaired) electrons. The summed E-state index contributed by atoms with van der Waals surface area (Å²) in [6.45, 7) is 0.612. The van der Waals surface area contributed by atoms with Crippen LogP contribution in [-0.4, -0.2) is 23.4 Å². The monoisotopic (exact) mass is 454 g/mol. The molecule has 2 heterocycles. The summed E-state index contributed by atoms with van der Waals surface area (Å²) in [6, 6.07) is 17.8. The molecule has 1 saturated heterocycles. The van der Waals surface area contributed by atoms with Crippen LogP contribution in [0, 0.1) is 17.1 Å². The van der Waals surface area contributed by atoms with Crippen molar-refractivity contribution in [1.82, 2.24) is 0 Å². The smallest absolute Gasteiger partial charge is 0.300 e. The van der Waals surface area contributed by atoms with Gasteiger partial charge in [-0.05, 0) is 66.9 Å². The number of carbonyl (C=O) groups excluding carboxylic acids is 2. The van der Waals surface area contributed by atoms with E-state index in [1.165, 1.54) is 42.5 Å². The number of ketones is 1. The van der Waals surface area contributed by atoms with Crippen molar-refractivity contribution in [3.8, 4) is 11.8 Å². The zero-order valence-corrected chi connectivity index (χ0v) is 18.0. The molecule has 2 aliphatic heterocycles. The Balaban J connectivity index is 1.70. The number of carbonyl (C=O) groups is 2. The summed E-state index contributed by atoms with van der Waals surface area (Å²) in [5.41, 5.74) is 1.80. The van der Waals surface area contributed by atoms with Crippen molar-refractivity contribution in [2.45, 2.75) is 18.9 Å². The van der Waals surface area contributed by atoms with Gasteiger partial charge in [0.15, 0.2) is 0 Å². The molecule has 1 fully saturated rings. The predicted molar refractivity (Wildman–Crippen MR) is 123 cm³/mol. The van der Waals surface area contributed by atoms with Gasteiger partial charge >= 0.3 is 0 Å². The van der Waals surface area contributed by atoms with Crippen LogP contribution >= 0.6 is 0 Å². The molecule has 2 aliphatic rings. The first-order valence-corrected chi connectivity index (χ1v) is 10.8. The highest BCUT2D eigenvalue weighted by Gasteiger charge is 2.47. The van der Waals surface area contributed by atoms with Gasteiger partial charge in [-0.25, -0.2) is 4.39 Å². The molecule has 0 aliphatic carbocycles. The molecular weight excluding hydrogens is 435 g/mol. The lowest BCUT2D eigenvalue weighted by molar-refractivity contribution is -0.132. The summed E-state index contributed by atoms with van der Waals surface area (Å²) in [4.78, 5) is 27.5. The van der Waals surface area contributed by atoms with Gasteiger partial charge in [-0.2, -0.15) is 5.26 Å². The largest absolute Gasteiger partial charge is 0.507 e. The first-order chi connectivity index (χ1) is 16.5. The molecule has 5 rings (SSSR count). The van der Waals surface area contributed by atoms with Crippen LogP contribution in [0.2, 0.25) is 0 Å². The number of hydrogen-bond acceptors (Lipinski definition) is 5. The van der Waals surface area contributed by atoms with E-state index in [0.29, 0.717) is 29.2 Å². The van der Waals surface area contributed by atoms with Crippen LogP contribution in [0.1, 0.15) is 34.7 Å². The summed E-state index contributed by atoms with van der Waals surface area (Å²) in [6.07, 6.45) is 1.59. The van der Waals surface area contributed by atoms with Gasteiger partial charge in [0.25, 0.3) is 11.7 Å². The summed E-state index contributed by atoms with van der Waals surface area (Å²) in [7, 11) is 0. The van der Waals surface area contributed by atoms with Crippen molar-refractivity contribution in [2.75, 3.05) is 11.5 Å². The molecule has 1 unspecified atom stereocenters. The second kappa shape index (κ2) is 8.49. The zero-order chi connectivity index (χ0) is 23.8. The third kappa shape index (κ3) is 3.50. The Morgan fingerprint density at radius 1 is 1.09 bits per heavy atom. The normalized spacial score (nSPS) is 18.8. The number of hydrogen-bond donors (Lipinski definition) is 1. The minimum atomic E-state index is -1.18. The number of halogens is 1. The van der Waals surface area contributed by atoms with E-state index < -0.39 is 23.5 Å². The van der Waals surface area contributed by atoms with Gasteiger partial charge in [0.05, 0.1) is 29.9 Å². The van der Waals surface area contributed by atoms with Crippen molar-refractivity contribution in [1.29, 1.82) is 5.26 Å². The molecule has 0 spiro atoms. The lowest BCUT2D eigenvalue weighted by Gasteiger charge is -2.26. The number of anilines is 1. The molecule has 168 valence electrons. The molecule has 3 aromatic rings. The number of rotatable bonds is 3. The Morgan fingerprint density at radius 3 is 2.59 bits per heavy atom. The number of nitrogens with zero attached hydrogens (tertiary/aromatic N) is 2. The number of benzene rings is 3. The number of aliphatic hydroxyl groups excluding tert-OH is 1. The molecule has 6 nitrogen and oxygen atoms in total. The number of fused-ring (bicyclic) bond motifs is 1. The van der Waals surface area contributed by atoms with Gasteiger partial charge < -0.3 is 9.84 Å². The number of ether oxygens (including phenoxy) is 1. The molecule has 7 heteroatoms. The van der Waals surface area contributed by atoms with Crippen LogP contribution in [0.15, 0.2) is 72.3 Å². The zero-order valence-electron chi connectivity index (χ0n) is 18.0. The van der Waals surface area contributed by atoms with Gasteiger partial charge in [0.1, 0.15) is 17.3 Å². The van der Waals surface area contributed by atoms with Gasteiger partial charge in [0.2, 0.25) is 0 Å². The third-order valence-corrected chi connectivity index (χ3v) is 6.10. The van der Waals surface area contributed by atoms with Crippen molar-refractivity contribution in [3.63, 3.8) is 0 Å². The van der Waals surface area contributed by atoms with Crippen molar-refractivity contribution in [3.05, 3.63) is 100 Å². The van der Waals surface area contributed by atoms with E-state index in [2.05, 4.69) is 0 Å². The van der Waals surface area contributed by atoms with E-state index in [1.807, 2.05) is 6.07 Å². The maximum atomic E-state index is 15.0. The standard InChI is InChI=1S/C27H19FN2O4/c28-21-6-2-1-5-20(21)24-23(25(31)18-9-12-22-17(14-18)4-3-13-34-22)26(32)27(33)30(24)19-10-7-16(15-29)8-11-19/h1-2,5-12,14,24,31H,3-4,13H2/b25-23+. The van der Waals surface area contributed by atoms with Gasteiger partial charge in [-0.1, -0.05) is 18.2 Å². The summed E-state index contributed by atoms with van der Waals surface area (Å²) in [5, 5.41) is 20.3. The molecule has 3 aromatic carbocycles. The highest BCUT2D eigenvalue weighted by Crippen LogP contribution is 2.43. The molecule has 0 aromatic heterocycles. The van der Waals surface area contributed by atoms with E-state index >= 15 is 0 Å². The topological polar surface area (TPSA) is 90.6 Å². The highest BCUT2D eigenvalue weighted by molar-refractivity contribution is 6.51. The Labute approximate surface area is 195 Å². The van der Waals surface area contributed by atoms with Crippen molar-refractivity contribution < 1.29 is 23.8 Å². The Hall–Kier alpha value is -4.44. The highest BCUT2D eigenvalue weighted by atomic mass is 19.1. The lowest BCUT2D eigenvalue weighted by atomic mass is 9.93. The maximum Gasteiger partial charge on any atom is 0.300 e. The van der Waals surface area contributed by atoms with Crippen molar-refractivity contribution in [2.24, 2.45) is 0 Å². The SMILES string of the molecule is N#Cc1ccc(N2C(=O)C(=O)/C(=C(/O)c3ccc4c(c3)CCCO4)C2c2ccccc2F)cc1. The quantitative estimate of drug-likeness (QED) is 0.354. The number of nitriles is 1. The first kappa shape index (κ1) is 21.4. The lowest BCUT2D eigenvalue weighted by Crippen LogP contribution is -2.29. The summed E-state index contributed by atoms with van der Waals surface area (Å²) in [5.74, 6) is -2.08. The summed E-state index contributed by atoms with van der Waals surface area (Å²) >= 11 is 0. The molecule has 1 amide bonds. The molecular formula is C27H19FN2O4. The predicted octanol–water partition coefficient (Wildman–Crippen LogP) is 4.65. The fourth-order valence-corrected chi connectivity index (χ4v) is 4.45. The molecule has 1 N–H and O–H groups in total.